The molecule has 0 aromatic heterocycles. The van der Waals surface area contributed by atoms with Crippen LogP contribution in [0.4, 0.5) is 0 Å². The third-order valence-corrected chi connectivity index (χ3v) is 7.66. The molecule has 5 nitrogen and oxygen atoms in total. The van der Waals surface area contributed by atoms with Crippen molar-refractivity contribution in [3.63, 3.8) is 0 Å². The maximum absolute atomic E-state index is 13.3. The van der Waals surface area contributed by atoms with Crippen molar-refractivity contribution in [2.75, 3.05) is 6.54 Å². The summed E-state index contributed by atoms with van der Waals surface area (Å²) in [5.41, 5.74) is 1.23. The molecule has 3 rings (SSSR count). The summed E-state index contributed by atoms with van der Waals surface area (Å²) in [4.78, 5) is 13.0. The molecule has 0 bridgehead atoms. The van der Waals surface area contributed by atoms with E-state index in [1.165, 1.54) is 9.87 Å². The number of carbonyl (C=O) groups excluding carboxylic acids is 1. The van der Waals surface area contributed by atoms with E-state index in [1.807, 2.05) is 25.1 Å². The Bertz CT molecular complexity index is 895. The van der Waals surface area contributed by atoms with Gasteiger partial charge in [-0.05, 0) is 50.3 Å². The van der Waals surface area contributed by atoms with E-state index in [4.69, 9.17) is 0 Å². The molecule has 1 saturated carbocycles. The quantitative estimate of drug-likeness (QED) is 0.653. The number of nitrogens with zero attached hydrogens (tertiary/aromatic N) is 1. The molecular weight excluding hydrogens is 396 g/mol. The lowest BCUT2D eigenvalue weighted by atomic mass is 9.95. The molecule has 0 radical (unpaired) electrons. The van der Waals surface area contributed by atoms with Crippen molar-refractivity contribution in [2.45, 2.75) is 68.8 Å². The highest BCUT2D eigenvalue weighted by molar-refractivity contribution is 7.89. The summed E-state index contributed by atoms with van der Waals surface area (Å²) in [6.07, 6.45) is 6.42. The molecule has 162 valence electrons. The van der Waals surface area contributed by atoms with Gasteiger partial charge < -0.3 is 5.32 Å². The lowest BCUT2D eigenvalue weighted by molar-refractivity contribution is -0.122. The average Bonchev–Trinajstić information content (AvgIpc) is 2.78. The van der Waals surface area contributed by atoms with Gasteiger partial charge in [-0.1, -0.05) is 67.8 Å². The molecule has 0 aliphatic heterocycles. The first kappa shape index (κ1) is 22.5. The number of carbonyl (C=O) groups is 1. The maximum atomic E-state index is 13.3. The molecule has 1 N–H and O–H groups in total. The van der Waals surface area contributed by atoms with Crippen LogP contribution in [0, 0.1) is 0 Å². The van der Waals surface area contributed by atoms with Crippen LogP contribution in [-0.2, 0) is 21.2 Å². The van der Waals surface area contributed by atoms with Crippen LogP contribution in [0.5, 0.6) is 0 Å². The molecule has 2 aromatic carbocycles. The summed E-state index contributed by atoms with van der Waals surface area (Å²) >= 11 is 0. The van der Waals surface area contributed by atoms with Crippen LogP contribution in [0.25, 0.3) is 0 Å². The first-order valence-corrected chi connectivity index (χ1v) is 12.3. The van der Waals surface area contributed by atoms with E-state index in [1.54, 1.807) is 30.3 Å². The summed E-state index contributed by atoms with van der Waals surface area (Å²) in [5.74, 6) is -0.236. The minimum atomic E-state index is -3.71. The van der Waals surface area contributed by atoms with E-state index < -0.39 is 10.0 Å². The summed E-state index contributed by atoms with van der Waals surface area (Å²) in [7, 11) is -3.71. The summed E-state index contributed by atoms with van der Waals surface area (Å²) in [5, 5.41) is 3.00. The van der Waals surface area contributed by atoms with Gasteiger partial charge in [0.1, 0.15) is 0 Å². The average molecular weight is 429 g/mol. The van der Waals surface area contributed by atoms with E-state index in [9.17, 15) is 13.2 Å². The molecule has 2 aromatic rings. The Morgan fingerprint density at radius 1 is 1.00 bits per heavy atom. The molecule has 0 heterocycles. The first-order chi connectivity index (χ1) is 14.5. The zero-order chi connectivity index (χ0) is 21.4. The minimum absolute atomic E-state index is 0.0228. The molecule has 1 atom stereocenters. The van der Waals surface area contributed by atoms with Crippen LogP contribution in [0.2, 0.25) is 0 Å². The number of aryl methyl sites for hydroxylation is 1. The van der Waals surface area contributed by atoms with Crippen LogP contribution in [0.1, 0.15) is 51.0 Å². The maximum Gasteiger partial charge on any atom is 0.243 e. The second-order valence-corrected chi connectivity index (χ2v) is 10.0. The van der Waals surface area contributed by atoms with Crippen LogP contribution in [-0.4, -0.2) is 37.3 Å². The number of sulfonamides is 1. The van der Waals surface area contributed by atoms with Crippen LogP contribution >= 0.6 is 0 Å². The number of hydrogen-bond donors (Lipinski definition) is 1. The lowest BCUT2D eigenvalue weighted by Crippen LogP contribution is -2.48. The fourth-order valence-corrected chi connectivity index (χ4v) is 5.73. The SMILES string of the molecule is C[C@H](CCc1ccccc1)NC(=O)CN(C1CCCCC1)S(=O)(=O)c1ccccc1. The highest BCUT2D eigenvalue weighted by atomic mass is 32.2. The van der Waals surface area contributed by atoms with E-state index in [2.05, 4.69) is 17.4 Å². The van der Waals surface area contributed by atoms with Crippen molar-refractivity contribution in [1.29, 1.82) is 0 Å². The smallest absolute Gasteiger partial charge is 0.243 e. The van der Waals surface area contributed by atoms with Crippen molar-refractivity contribution < 1.29 is 13.2 Å². The second-order valence-electron chi connectivity index (χ2n) is 8.15. The summed E-state index contributed by atoms with van der Waals surface area (Å²) in [6, 6.07) is 18.5. The van der Waals surface area contributed by atoms with Gasteiger partial charge in [-0.3, -0.25) is 4.79 Å². The van der Waals surface area contributed by atoms with Gasteiger partial charge >= 0.3 is 0 Å². The van der Waals surface area contributed by atoms with Gasteiger partial charge in [-0.25, -0.2) is 8.42 Å². The Morgan fingerprint density at radius 3 is 2.23 bits per heavy atom. The molecule has 1 fully saturated rings. The monoisotopic (exact) mass is 428 g/mol. The largest absolute Gasteiger partial charge is 0.352 e. The Hall–Kier alpha value is -2.18. The summed E-state index contributed by atoms with van der Waals surface area (Å²) in [6.45, 7) is 1.84. The van der Waals surface area contributed by atoms with Crippen molar-refractivity contribution >= 4 is 15.9 Å². The van der Waals surface area contributed by atoms with E-state index >= 15 is 0 Å². The molecule has 0 saturated heterocycles. The normalized spacial score (nSPS) is 16.3. The Balaban J connectivity index is 1.65. The molecule has 1 amide bonds. The molecule has 0 spiro atoms. The number of benzene rings is 2. The van der Waals surface area contributed by atoms with Gasteiger partial charge in [0.05, 0.1) is 11.4 Å². The Morgan fingerprint density at radius 2 is 1.60 bits per heavy atom. The third kappa shape index (κ3) is 6.16. The molecule has 1 aliphatic carbocycles. The standard InChI is InChI=1S/C24H32N2O3S/c1-20(17-18-21-11-5-2-6-12-21)25-24(27)19-26(22-13-7-3-8-14-22)30(28,29)23-15-9-4-10-16-23/h2,4-6,9-12,15-16,20,22H,3,7-8,13-14,17-19H2,1H3,(H,25,27)/t20-/m1/s1. The number of amides is 1. The molecule has 0 unspecified atom stereocenters. The first-order valence-electron chi connectivity index (χ1n) is 10.9. The predicted octanol–water partition coefficient (Wildman–Crippen LogP) is 4.15. The van der Waals surface area contributed by atoms with Gasteiger partial charge in [-0.15, -0.1) is 0 Å². The highest BCUT2D eigenvalue weighted by Crippen LogP contribution is 2.27. The zero-order valence-electron chi connectivity index (χ0n) is 17.7. The fraction of sp³-hybridized carbons (Fsp3) is 0.458. The van der Waals surface area contributed by atoms with Crippen molar-refractivity contribution in [1.82, 2.24) is 9.62 Å². The molecule has 1 aliphatic rings. The summed E-state index contributed by atoms with van der Waals surface area (Å²) < 4.78 is 28.1. The Labute approximate surface area is 180 Å². The zero-order valence-corrected chi connectivity index (χ0v) is 18.5. The van der Waals surface area contributed by atoms with Crippen molar-refractivity contribution in [3.05, 3.63) is 66.2 Å². The predicted molar refractivity (Wildman–Crippen MR) is 120 cm³/mol. The van der Waals surface area contributed by atoms with Crippen molar-refractivity contribution in [3.8, 4) is 0 Å². The topological polar surface area (TPSA) is 66.5 Å². The van der Waals surface area contributed by atoms with Gasteiger partial charge in [0.15, 0.2) is 0 Å². The second kappa shape index (κ2) is 10.7. The Kier molecular flexibility index (Phi) is 8.05. The fourth-order valence-electron chi connectivity index (χ4n) is 4.07. The molecule has 6 heteroatoms. The highest BCUT2D eigenvalue weighted by Gasteiger charge is 2.34. The third-order valence-electron chi connectivity index (χ3n) is 5.75. The van der Waals surface area contributed by atoms with Gasteiger partial charge in [0, 0.05) is 12.1 Å². The van der Waals surface area contributed by atoms with Crippen LogP contribution in [0.15, 0.2) is 65.6 Å². The van der Waals surface area contributed by atoms with Gasteiger partial charge in [0.25, 0.3) is 0 Å². The van der Waals surface area contributed by atoms with Crippen molar-refractivity contribution in [2.24, 2.45) is 0 Å². The van der Waals surface area contributed by atoms with Crippen LogP contribution < -0.4 is 5.32 Å². The van der Waals surface area contributed by atoms with E-state index in [0.29, 0.717) is 0 Å². The molecular formula is C24H32N2O3S. The van der Waals surface area contributed by atoms with Gasteiger partial charge in [-0.2, -0.15) is 4.31 Å². The molecule has 30 heavy (non-hydrogen) atoms. The van der Waals surface area contributed by atoms with E-state index in [0.717, 1.165) is 44.9 Å². The van der Waals surface area contributed by atoms with Crippen LogP contribution in [0.3, 0.4) is 0 Å². The van der Waals surface area contributed by atoms with E-state index in [-0.39, 0.29) is 29.4 Å². The number of nitrogens with one attached hydrogen (secondary N) is 1. The number of hydrogen-bond acceptors (Lipinski definition) is 3. The number of rotatable bonds is 9. The van der Waals surface area contributed by atoms with Gasteiger partial charge in [0.2, 0.25) is 15.9 Å². The lowest BCUT2D eigenvalue weighted by Gasteiger charge is -2.33. The minimum Gasteiger partial charge on any atom is -0.352 e.